The predicted molar refractivity (Wildman–Crippen MR) is 172 cm³/mol. The molecule has 0 saturated heterocycles. The third kappa shape index (κ3) is 5.49. The van der Waals surface area contributed by atoms with Crippen LogP contribution in [-0.4, -0.2) is 0 Å². The van der Waals surface area contributed by atoms with E-state index in [1.54, 1.807) is 0 Å². The van der Waals surface area contributed by atoms with Crippen LogP contribution >= 0.6 is 0 Å². The van der Waals surface area contributed by atoms with Gasteiger partial charge in [-0.05, 0) is 83.0 Å². The van der Waals surface area contributed by atoms with Crippen molar-refractivity contribution < 1.29 is 0 Å². The van der Waals surface area contributed by atoms with Crippen molar-refractivity contribution in [3.8, 4) is 11.1 Å². The van der Waals surface area contributed by atoms with Crippen LogP contribution in [-0.2, 0) is 5.41 Å². The Bertz CT molecular complexity index is 1390. The Labute approximate surface area is 242 Å². The van der Waals surface area contributed by atoms with E-state index in [2.05, 4.69) is 116 Å². The number of para-hydroxylation sites is 1. The first-order chi connectivity index (χ1) is 19.6. The highest BCUT2D eigenvalue weighted by molar-refractivity contribution is 5.85. The van der Waals surface area contributed by atoms with E-state index in [0.29, 0.717) is 5.92 Å². The first-order valence-electron chi connectivity index (χ1n) is 15.8. The molecule has 206 valence electrons. The van der Waals surface area contributed by atoms with Gasteiger partial charge in [0.15, 0.2) is 0 Å². The Kier molecular flexibility index (Phi) is 8.10. The number of hydrogen-bond acceptors (Lipinski definition) is 1. The molecule has 4 aromatic carbocycles. The van der Waals surface area contributed by atoms with E-state index in [1.165, 1.54) is 116 Å². The van der Waals surface area contributed by atoms with Gasteiger partial charge in [0.25, 0.3) is 0 Å². The van der Waals surface area contributed by atoms with E-state index in [0.717, 1.165) is 0 Å². The highest BCUT2D eigenvalue weighted by Crippen LogP contribution is 2.50. The van der Waals surface area contributed by atoms with Crippen molar-refractivity contribution in [3.63, 3.8) is 0 Å². The predicted octanol–water partition coefficient (Wildman–Crippen LogP) is 11.9. The van der Waals surface area contributed by atoms with Crippen molar-refractivity contribution in [2.24, 2.45) is 0 Å². The lowest BCUT2D eigenvalue weighted by atomic mass is 9.82. The van der Waals surface area contributed by atoms with Crippen LogP contribution in [0.15, 0.2) is 97.1 Å². The van der Waals surface area contributed by atoms with Gasteiger partial charge in [0.05, 0.1) is 0 Å². The molecule has 0 unspecified atom stereocenters. The summed E-state index contributed by atoms with van der Waals surface area (Å²) in [6.45, 7) is 4.73. The molecular formula is C39H45N. The second-order valence-corrected chi connectivity index (χ2v) is 12.6. The van der Waals surface area contributed by atoms with Gasteiger partial charge in [0.2, 0.25) is 0 Å². The van der Waals surface area contributed by atoms with Crippen LogP contribution in [0.25, 0.3) is 11.1 Å². The number of anilines is 3. The highest BCUT2D eigenvalue weighted by atomic mass is 15.1. The summed E-state index contributed by atoms with van der Waals surface area (Å²) in [4.78, 5) is 2.43. The fourth-order valence-corrected chi connectivity index (χ4v) is 7.25. The van der Waals surface area contributed by atoms with Gasteiger partial charge < -0.3 is 4.90 Å². The van der Waals surface area contributed by atoms with Crippen LogP contribution in [0.1, 0.15) is 107 Å². The fourth-order valence-electron chi connectivity index (χ4n) is 7.25. The summed E-state index contributed by atoms with van der Waals surface area (Å²) in [6, 6.07) is 36.4. The average Bonchev–Trinajstić information content (AvgIpc) is 3.21. The summed E-state index contributed by atoms with van der Waals surface area (Å²) in [6.07, 6.45) is 15.3. The zero-order valence-corrected chi connectivity index (χ0v) is 24.5. The fraction of sp³-hybridized carbons (Fsp3) is 0.385. The van der Waals surface area contributed by atoms with Crippen molar-refractivity contribution in [1.82, 2.24) is 0 Å². The van der Waals surface area contributed by atoms with Gasteiger partial charge in [-0.25, -0.2) is 0 Å². The minimum atomic E-state index is -0.0121. The van der Waals surface area contributed by atoms with Crippen molar-refractivity contribution >= 4 is 17.1 Å². The number of benzene rings is 4. The van der Waals surface area contributed by atoms with Crippen molar-refractivity contribution in [2.45, 2.75) is 95.8 Å². The Hall–Kier alpha value is -3.32. The Morgan fingerprint density at radius 3 is 1.70 bits per heavy atom. The molecule has 0 amide bonds. The van der Waals surface area contributed by atoms with Crippen LogP contribution in [0.3, 0.4) is 0 Å². The summed E-state index contributed by atoms with van der Waals surface area (Å²) in [7, 11) is 0. The zero-order chi connectivity index (χ0) is 27.4. The lowest BCUT2D eigenvalue weighted by molar-refractivity contribution is 0.467. The van der Waals surface area contributed by atoms with E-state index in [4.69, 9.17) is 0 Å². The molecule has 0 aromatic heterocycles. The summed E-state index contributed by atoms with van der Waals surface area (Å²) < 4.78 is 0. The van der Waals surface area contributed by atoms with E-state index >= 15 is 0 Å². The normalized spacial score (nSPS) is 17.8. The number of hydrogen-bond donors (Lipinski definition) is 0. The molecule has 4 aromatic rings. The highest BCUT2D eigenvalue weighted by Gasteiger charge is 2.35. The first kappa shape index (κ1) is 26.9. The van der Waals surface area contributed by atoms with Crippen molar-refractivity contribution in [2.75, 3.05) is 4.90 Å². The maximum atomic E-state index is 2.43. The molecule has 1 saturated carbocycles. The van der Waals surface area contributed by atoms with Crippen LogP contribution in [0, 0.1) is 0 Å². The van der Waals surface area contributed by atoms with Gasteiger partial charge >= 0.3 is 0 Å². The van der Waals surface area contributed by atoms with Gasteiger partial charge in [0.1, 0.15) is 0 Å². The number of fused-ring (bicyclic) bond motifs is 3. The standard InChI is InChI=1S/C39H45N/c1-39(2)37-22-16-15-21-35(37)36-28-27-34(29-38(36)39)40(32-19-13-10-14-20-32)33-25-23-31(24-26-33)30-17-11-8-6-4-3-5-7-9-12-18-30/h10,13-16,19-30H,3-9,11-12,17-18H2,1-2H3. The van der Waals surface area contributed by atoms with Crippen LogP contribution in [0.4, 0.5) is 17.1 Å². The number of nitrogens with zero attached hydrogens (tertiary/aromatic N) is 1. The molecule has 0 N–H and O–H groups in total. The molecule has 1 heteroatoms. The molecule has 1 nitrogen and oxygen atoms in total. The minimum absolute atomic E-state index is 0.0121. The second-order valence-electron chi connectivity index (χ2n) is 12.6. The van der Waals surface area contributed by atoms with Gasteiger partial charge in [-0.1, -0.05) is 132 Å². The lowest BCUT2D eigenvalue weighted by Gasteiger charge is -2.28. The molecule has 1 fully saturated rings. The van der Waals surface area contributed by atoms with Gasteiger partial charge in [-0.15, -0.1) is 0 Å². The smallest absolute Gasteiger partial charge is 0.0465 e. The Morgan fingerprint density at radius 2 is 1.02 bits per heavy atom. The largest absolute Gasteiger partial charge is 0.310 e. The van der Waals surface area contributed by atoms with Gasteiger partial charge in [-0.2, -0.15) is 0 Å². The molecule has 0 bridgehead atoms. The summed E-state index contributed by atoms with van der Waals surface area (Å²) in [5.41, 5.74) is 10.8. The van der Waals surface area contributed by atoms with Crippen LogP contribution < -0.4 is 4.90 Å². The SMILES string of the molecule is CC1(C)c2ccccc2-c2ccc(N(c3ccccc3)c3ccc(C4CCCCCCCCCCC4)cc3)cc21. The molecule has 0 heterocycles. The minimum Gasteiger partial charge on any atom is -0.310 e. The molecule has 0 spiro atoms. The maximum absolute atomic E-state index is 2.43. The second kappa shape index (κ2) is 12.0. The van der Waals surface area contributed by atoms with Crippen molar-refractivity contribution in [1.29, 1.82) is 0 Å². The molecule has 40 heavy (non-hydrogen) atoms. The van der Waals surface area contributed by atoms with Gasteiger partial charge in [-0.3, -0.25) is 0 Å². The lowest BCUT2D eigenvalue weighted by Crippen LogP contribution is -2.16. The number of rotatable bonds is 4. The van der Waals surface area contributed by atoms with Gasteiger partial charge in [0, 0.05) is 22.5 Å². The Morgan fingerprint density at radius 1 is 0.500 bits per heavy atom. The van der Waals surface area contributed by atoms with Crippen LogP contribution in [0.2, 0.25) is 0 Å². The molecule has 0 atom stereocenters. The van der Waals surface area contributed by atoms with E-state index in [-0.39, 0.29) is 5.41 Å². The molecule has 2 aliphatic rings. The van der Waals surface area contributed by atoms with E-state index < -0.39 is 0 Å². The maximum Gasteiger partial charge on any atom is 0.0465 e. The zero-order valence-electron chi connectivity index (χ0n) is 24.5. The van der Waals surface area contributed by atoms with E-state index in [1.807, 2.05) is 0 Å². The van der Waals surface area contributed by atoms with Crippen molar-refractivity contribution in [3.05, 3.63) is 114 Å². The average molecular weight is 528 g/mol. The third-order valence-electron chi connectivity index (χ3n) is 9.57. The van der Waals surface area contributed by atoms with Crippen LogP contribution in [0.5, 0.6) is 0 Å². The first-order valence-corrected chi connectivity index (χ1v) is 15.8. The molecule has 6 rings (SSSR count). The summed E-state index contributed by atoms with van der Waals surface area (Å²) in [5.74, 6) is 0.693. The summed E-state index contributed by atoms with van der Waals surface area (Å²) in [5, 5.41) is 0. The monoisotopic (exact) mass is 527 g/mol. The van der Waals surface area contributed by atoms with E-state index in [9.17, 15) is 0 Å². The molecule has 0 radical (unpaired) electrons. The quantitative estimate of drug-likeness (QED) is 0.255. The molecule has 0 aliphatic heterocycles. The third-order valence-corrected chi connectivity index (χ3v) is 9.57. The molecular weight excluding hydrogens is 482 g/mol. The Balaban J connectivity index is 1.32. The summed E-state index contributed by atoms with van der Waals surface area (Å²) >= 11 is 0. The molecule has 2 aliphatic carbocycles. The topological polar surface area (TPSA) is 3.24 Å².